The lowest BCUT2D eigenvalue weighted by molar-refractivity contribution is -0.121. The Morgan fingerprint density at radius 1 is 1.44 bits per heavy atom. The second-order valence-electron chi connectivity index (χ2n) is 7.35. The van der Waals surface area contributed by atoms with Crippen LogP contribution in [0, 0.1) is 12.3 Å². The average molecular weight is 344 g/mol. The fraction of sp³-hybridized carbons (Fsp3) is 0.529. The van der Waals surface area contributed by atoms with Crippen molar-refractivity contribution in [2.24, 2.45) is 5.41 Å². The number of hydrogen-bond donors (Lipinski definition) is 3. The number of H-pyrrole nitrogens is 2. The van der Waals surface area contributed by atoms with Crippen LogP contribution in [0.25, 0.3) is 0 Å². The van der Waals surface area contributed by atoms with Crippen LogP contribution in [0.1, 0.15) is 31.1 Å². The zero-order valence-electron chi connectivity index (χ0n) is 14.8. The maximum atomic E-state index is 12.4. The van der Waals surface area contributed by atoms with Gasteiger partial charge in [-0.25, -0.2) is 4.98 Å². The number of carbonyl (C=O) groups is 1. The van der Waals surface area contributed by atoms with Gasteiger partial charge in [0.05, 0.1) is 13.0 Å². The largest absolute Gasteiger partial charge is 0.351 e. The van der Waals surface area contributed by atoms with E-state index in [4.69, 9.17) is 0 Å². The van der Waals surface area contributed by atoms with E-state index in [1.165, 1.54) is 6.07 Å². The van der Waals surface area contributed by atoms with Gasteiger partial charge in [0.25, 0.3) is 0 Å². The molecule has 25 heavy (non-hydrogen) atoms. The summed E-state index contributed by atoms with van der Waals surface area (Å²) in [5, 5.41) is 10.2. The minimum Gasteiger partial charge on any atom is -0.351 e. The van der Waals surface area contributed by atoms with Gasteiger partial charge in [0, 0.05) is 31.4 Å². The second kappa shape index (κ2) is 6.79. The summed E-state index contributed by atoms with van der Waals surface area (Å²) in [7, 11) is 0. The Labute approximate surface area is 146 Å². The number of rotatable bonds is 5. The molecule has 3 N–H and O–H groups in total. The Bertz CT molecular complexity index is 789. The summed E-state index contributed by atoms with van der Waals surface area (Å²) in [5.41, 5.74) is 0.589. The van der Waals surface area contributed by atoms with Gasteiger partial charge in [-0.3, -0.25) is 19.6 Å². The number of hydrogen-bond acceptors (Lipinski definition) is 5. The molecule has 0 spiro atoms. The molecule has 1 atom stereocenters. The van der Waals surface area contributed by atoms with Crippen LogP contribution in [0.15, 0.2) is 23.1 Å². The van der Waals surface area contributed by atoms with Crippen LogP contribution < -0.4 is 10.9 Å². The summed E-state index contributed by atoms with van der Waals surface area (Å²) >= 11 is 0. The summed E-state index contributed by atoms with van der Waals surface area (Å²) < 4.78 is 0. The molecule has 8 nitrogen and oxygen atoms in total. The normalized spacial score (nSPS) is 19.9. The summed E-state index contributed by atoms with van der Waals surface area (Å²) in [4.78, 5) is 32.6. The Hall–Kier alpha value is -2.48. The molecule has 0 saturated carbocycles. The number of aromatic nitrogens is 4. The first-order valence-corrected chi connectivity index (χ1v) is 8.39. The number of aromatic amines is 2. The highest BCUT2D eigenvalue weighted by Gasteiger charge is 2.40. The van der Waals surface area contributed by atoms with Gasteiger partial charge in [0.1, 0.15) is 5.82 Å². The van der Waals surface area contributed by atoms with Crippen LogP contribution in [-0.2, 0) is 17.8 Å². The van der Waals surface area contributed by atoms with Crippen molar-refractivity contribution in [2.75, 3.05) is 13.1 Å². The molecular weight excluding hydrogens is 320 g/mol. The Balaban J connectivity index is 1.58. The van der Waals surface area contributed by atoms with Gasteiger partial charge in [-0.2, -0.15) is 5.10 Å². The fourth-order valence-corrected chi connectivity index (χ4v) is 3.26. The molecule has 3 rings (SSSR count). The third-order valence-electron chi connectivity index (χ3n) is 4.57. The van der Waals surface area contributed by atoms with E-state index >= 15 is 0 Å². The van der Waals surface area contributed by atoms with Crippen LogP contribution in [0.3, 0.4) is 0 Å². The molecule has 3 heterocycles. The molecule has 8 heteroatoms. The van der Waals surface area contributed by atoms with E-state index in [-0.39, 0.29) is 29.3 Å². The molecule has 2 aromatic rings. The van der Waals surface area contributed by atoms with Crippen molar-refractivity contribution in [1.82, 2.24) is 30.4 Å². The lowest BCUT2D eigenvalue weighted by atomic mass is 9.87. The molecule has 2 aromatic heterocycles. The summed E-state index contributed by atoms with van der Waals surface area (Å²) in [6, 6.07) is 3.17. The van der Waals surface area contributed by atoms with E-state index in [1.54, 1.807) is 12.3 Å². The molecular formula is C17H24N6O2. The number of amides is 1. The first kappa shape index (κ1) is 17.3. The number of pyridine rings is 1. The lowest BCUT2D eigenvalue weighted by Crippen LogP contribution is -2.45. The molecule has 0 aromatic carbocycles. The van der Waals surface area contributed by atoms with Gasteiger partial charge < -0.3 is 10.3 Å². The first-order chi connectivity index (χ1) is 11.8. The molecule has 1 saturated heterocycles. The van der Waals surface area contributed by atoms with Crippen molar-refractivity contribution < 1.29 is 4.79 Å². The maximum Gasteiger partial charge on any atom is 0.247 e. The number of aryl methyl sites for hydroxylation is 1. The van der Waals surface area contributed by atoms with Crippen molar-refractivity contribution in [3.05, 3.63) is 45.9 Å². The topological polar surface area (TPSA) is 107 Å². The smallest absolute Gasteiger partial charge is 0.247 e. The summed E-state index contributed by atoms with van der Waals surface area (Å²) in [6.07, 6.45) is 1.84. The molecule has 0 aliphatic carbocycles. The molecule has 1 amide bonds. The van der Waals surface area contributed by atoms with E-state index in [0.717, 1.165) is 30.3 Å². The Kier molecular flexibility index (Phi) is 4.71. The number of carbonyl (C=O) groups excluding carboxylic acids is 1. The van der Waals surface area contributed by atoms with Gasteiger partial charge in [-0.05, 0) is 17.9 Å². The Morgan fingerprint density at radius 2 is 2.24 bits per heavy atom. The van der Waals surface area contributed by atoms with E-state index in [2.05, 4.69) is 44.2 Å². The van der Waals surface area contributed by atoms with E-state index in [1.807, 2.05) is 6.92 Å². The van der Waals surface area contributed by atoms with E-state index < -0.39 is 0 Å². The van der Waals surface area contributed by atoms with Gasteiger partial charge in [0.2, 0.25) is 11.5 Å². The molecule has 1 aliphatic heterocycles. The van der Waals surface area contributed by atoms with Crippen molar-refractivity contribution in [3.8, 4) is 0 Å². The fourth-order valence-electron chi connectivity index (χ4n) is 3.26. The third kappa shape index (κ3) is 4.33. The number of nitrogens with zero attached hydrogens (tertiary/aromatic N) is 3. The quantitative estimate of drug-likeness (QED) is 0.726. The zero-order chi connectivity index (χ0) is 18.0. The number of likely N-dealkylation sites (tertiary alicyclic amines) is 1. The maximum absolute atomic E-state index is 12.4. The van der Waals surface area contributed by atoms with Crippen molar-refractivity contribution >= 4 is 5.91 Å². The summed E-state index contributed by atoms with van der Waals surface area (Å²) in [6.45, 7) is 8.48. The van der Waals surface area contributed by atoms with Crippen molar-refractivity contribution in [1.29, 1.82) is 0 Å². The molecule has 1 aliphatic rings. The predicted octanol–water partition coefficient (Wildman–Crippen LogP) is 0.371. The number of nitrogens with one attached hydrogen (secondary N) is 3. The summed E-state index contributed by atoms with van der Waals surface area (Å²) in [5.74, 6) is 1.54. The molecule has 134 valence electrons. The molecule has 0 bridgehead atoms. The lowest BCUT2D eigenvalue weighted by Gasteiger charge is -2.26. The molecule has 1 fully saturated rings. The first-order valence-electron chi connectivity index (χ1n) is 8.39. The SMILES string of the molecule is Cc1nc(CN2CC(NC(=O)Cc3ccc(=O)[nH]c3)C(C)(C)C2)n[nH]1. The highest BCUT2D eigenvalue weighted by atomic mass is 16.1. The van der Waals surface area contributed by atoms with Crippen molar-refractivity contribution in [2.45, 2.75) is 39.8 Å². The molecule has 1 unspecified atom stereocenters. The minimum atomic E-state index is -0.168. The zero-order valence-corrected chi connectivity index (χ0v) is 14.8. The average Bonchev–Trinajstić information content (AvgIpc) is 3.05. The third-order valence-corrected chi connectivity index (χ3v) is 4.57. The minimum absolute atomic E-state index is 0.0357. The highest BCUT2D eigenvalue weighted by Crippen LogP contribution is 2.30. The second-order valence-corrected chi connectivity index (χ2v) is 7.35. The van der Waals surface area contributed by atoms with Gasteiger partial charge in [-0.15, -0.1) is 0 Å². The standard InChI is InChI=1S/C17H24N6O2/c1-11-19-14(22-21-11)9-23-8-13(17(2,3)10-23)20-16(25)6-12-4-5-15(24)18-7-12/h4-5,7,13H,6,8-10H2,1-3H3,(H,18,24)(H,20,25)(H,19,21,22). The molecule has 0 radical (unpaired) electrons. The van der Waals surface area contributed by atoms with Crippen LogP contribution >= 0.6 is 0 Å². The van der Waals surface area contributed by atoms with Crippen molar-refractivity contribution in [3.63, 3.8) is 0 Å². The van der Waals surface area contributed by atoms with E-state index in [9.17, 15) is 9.59 Å². The van der Waals surface area contributed by atoms with Crippen LogP contribution in [0.4, 0.5) is 0 Å². The van der Waals surface area contributed by atoms with E-state index in [0.29, 0.717) is 6.54 Å². The monoisotopic (exact) mass is 344 g/mol. The van der Waals surface area contributed by atoms with Crippen LogP contribution in [-0.4, -0.2) is 50.1 Å². The predicted molar refractivity (Wildman–Crippen MR) is 92.9 cm³/mol. The van der Waals surface area contributed by atoms with Gasteiger partial charge in [-0.1, -0.05) is 19.9 Å². The highest BCUT2D eigenvalue weighted by molar-refractivity contribution is 5.78. The Morgan fingerprint density at radius 3 is 2.88 bits per heavy atom. The van der Waals surface area contributed by atoms with Crippen LogP contribution in [0.5, 0.6) is 0 Å². The van der Waals surface area contributed by atoms with Gasteiger partial charge in [0.15, 0.2) is 5.82 Å². The van der Waals surface area contributed by atoms with Gasteiger partial charge >= 0.3 is 0 Å². The van der Waals surface area contributed by atoms with Crippen LogP contribution in [0.2, 0.25) is 0 Å².